The molecular formula is C11H18N2. The highest BCUT2D eigenvalue weighted by atomic mass is 15.2. The summed E-state index contributed by atoms with van der Waals surface area (Å²) in [6.45, 7) is 7.99. The van der Waals surface area contributed by atoms with Crippen LogP contribution in [0.25, 0.3) is 0 Å². The standard InChI is InChI=1S/C11H18N2/c1-4-13-8(2)7-11-10(9(13)3)5-6-12-11/h5-6,8-9,12H,4,7H2,1-3H3. The summed E-state index contributed by atoms with van der Waals surface area (Å²) in [6, 6.07) is 3.47. The Bertz CT molecular complexity index is 290. The molecule has 1 aromatic heterocycles. The van der Waals surface area contributed by atoms with Gasteiger partial charge in [0.2, 0.25) is 0 Å². The van der Waals surface area contributed by atoms with Crippen LogP contribution in [0.4, 0.5) is 0 Å². The van der Waals surface area contributed by atoms with Crippen LogP contribution in [0.2, 0.25) is 0 Å². The lowest BCUT2D eigenvalue weighted by molar-refractivity contribution is 0.146. The highest BCUT2D eigenvalue weighted by molar-refractivity contribution is 5.27. The van der Waals surface area contributed by atoms with Crippen LogP contribution < -0.4 is 0 Å². The summed E-state index contributed by atoms with van der Waals surface area (Å²) in [5.41, 5.74) is 2.92. The summed E-state index contributed by atoms with van der Waals surface area (Å²) < 4.78 is 0. The van der Waals surface area contributed by atoms with Crippen LogP contribution in [0.5, 0.6) is 0 Å². The van der Waals surface area contributed by atoms with Crippen molar-refractivity contribution in [2.75, 3.05) is 6.54 Å². The molecule has 13 heavy (non-hydrogen) atoms. The molecule has 2 atom stereocenters. The highest BCUT2D eigenvalue weighted by Gasteiger charge is 2.28. The molecule has 1 N–H and O–H groups in total. The monoisotopic (exact) mass is 178 g/mol. The van der Waals surface area contributed by atoms with Gasteiger partial charge in [0.1, 0.15) is 0 Å². The van der Waals surface area contributed by atoms with Crippen LogP contribution in [0, 0.1) is 0 Å². The molecule has 0 amide bonds. The summed E-state index contributed by atoms with van der Waals surface area (Å²) in [7, 11) is 0. The van der Waals surface area contributed by atoms with Crippen molar-refractivity contribution >= 4 is 0 Å². The van der Waals surface area contributed by atoms with E-state index in [-0.39, 0.29) is 0 Å². The van der Waals surface area contributed by atoms with Gasteiger partial charge in [-0.25, -0.2) is 0 Å². The predicted molar refractivity (Wildman–Crippen MR) is 54.8 cm³/mol. The van der Waals surface area contributed by atoms with Crippen LogP contribution in [-0.2, 0) is 6.42 Å². The van der Waals surface area contributed by atoms with E-state index in [1.807, 2.05) is 0 Å². The quantitative estimate of drug-likeness (QED) is 0.699. The first-order valence-electron chi connectivity index (χ1n) is 5.16. The van der Waals surface area contributed by atoms with E-state index in [0.29, 0.717) is 12.1 Å². The molecule has 2 unspecified atom stereocenters. The average Bonchev–Trinajstić information content (AvgIpc) is 2.53. The normalized spacial score (nSPS) is 28.8. The molecule has 1 aromatic rings. The predicted octanol–water partition coefficient (Wildman–Crippen LogP) is 2.34. The lowest BCUT2D eigenvalue weighted by atomic mass is 9.95. The molecule has 0 spiro atoms. The zero-order chi connectivity index (χ0) is 9.42. The molecule has 1 aliphatic rings. The van der Waals surface area contributed by atoms with Crippen LogP contribution in [0.1, 0.15) is 38.1 Å². The molecule has 0 saturated carbocycles. The van der Waals surface area contributed by atoms with E-state index in [1.165, 1.54) is 17.7 Å². The number of hydrogen-bond donors (Lipinski definition) is 1. The molecule has 1 aliphatic heterocycles. The molecule has 0 aromatic carbocycles. The second kappa shape index (κ2) is 3.18. The summed E-state index contributed by atoms with van der Waals surface area (Å²) in [5, 5.41) is 0. The third kappa shape index (κ3) is 1.29. The maximum atomic E-state index is 3.34. The van der Waals surface area contributed by atoms with E-state index in [0.717, 1.165) is 6.54 Å². The van der Waals surface area contributed by atoms with Crippen molar-refractivity contribution in [1.29, 1.82) is 0 Å². The third-order valence-corrected chi connectivity index (χ3v) is 3.25. The molecule has 0 fully saturated rings. The first-order chi connectivity index (χ1) is 6.24. The number of hydrogen-bond acceptors (Lipinski definition) is 1. The van der Waals surface area contributed by atoms with Crippen LogP contribution in [0.3, 0.4) is 0 Å². The number of H-pyrrole nitrogens is 1. The minimum atomic E-state index is 0.579. The lowest BCUT2D eigenvalue weighted by Crippen LogP contribution is -2.40. The zero-order valence-electron chi connectivity index (χ0n) is 8.67. The largest absolute Gasteiger partial charge is 0.365 e. The lowest BCUT2D eigenvalue weighted by Gasteiger charge is -2.38. The Morgan fingerprint density at radius 2 is 2.31 bits per heavy atom. The van der Waals surface area contributed by atoms with Gasteiger partial charge >= 0.3 is 0 Å². The Morgan fingerprint density at radius 1 is 1.54 bits per heavy atom. The van der Waals surface area contributed by atoms with E-state index in [4.69, 9.17) is 0 Å². The molecule has 2 heteroatoms. The molecule has 2 rings (SSSR count). The summed E-state index contributed by atoms with van der Waals surface area (Å²) >= 11 is 0. The molecule has 0 saturated heterocycles. The average molecular weight is 178 g/mol. The van der Waals surface area contributed by atoms with Crippen molar-refractivity contribution < 1.29 is 0 Å². The second-order valence-electron chi connectivity index (χ2n) is 3.97. The fourth-order valence-corrected chi connectivity index (χ4v) is 2.54. The number of nitrogens with one attached hydrogen (secondary N) is 1. The molecule has 72 valence electrons. The molecule has 0 aliphatic carbocycles. The topological polar surface area (TPSA) is 19.0 Å². The van der Waals surface area contributed by atoms with Crippen LogP contribution in [-0.4, -0.2) is 22.5 Å². The van der Waals surface area contributed by atoms with Gasteiger partial charge in [-0.05, 0) is 32.0 Å². The Hall–Kier alpha value is -0.760. The number of fused-ring (bicyclic) bond motifs is 1. The minimum absolute atomic E-state index is 0.579. The molecule has 2 heterocycles. The van der Waals surface area contributed by atoms with Gasteiger partial charge in [0.05, 0.1) is 0 Å². The summed E-state index contributed by atoms with van der Waals surface area (Å²) in [6.07, 6.45) is 3.23. The fourth-order valence-electron chi connectivity index (χ4n) is 2.54. The van der Waals surface area contributed by atoms with Crippen molar-refractivity contribution in [3.63, 3.8) is 0 Å². The van der Waals surface area contributed by atoms with Crippen molar-refractivity contribution in [3.05, 3.63) is 23.5 Å². The Balaban J connectivity index is 2.34. The van der Waals surface area contributed by atoms with E-state index in [2.05, 4.69) is 42.9 Å². The smallest absolute Gasteiger partial charge is 0.0340 e. The third-order valence-electron chi connectivity index (χ3n) is 3.25. The first-order valence-corrected chi connectivity index (χ1v) is 5.16. The highest BCUT2D eigenvalue weighted by Crippen LogP contribution is 2.31. The van der Waals surface area contributed by atoms with Crippen molar-refractivity contribution in [2.24, 2.45) is 0 Å². The number of aromatic amines is 1. The second-order valence-corrected chi connectivity index (χ2v) is 3.97. The van der Waals surface area contributed by atoms with Gasteiger partial charge in [-0.1, -0.05) is 6.92 Å². The minimum Gasteiger partial charge on any atom is -0.365 e. The van der Waals surface area contributed by atoms with E-state index < -0.39 is 0 Å². The Kier molecular flexibility index (Phi) is 2.16. The maximum absolute atomic E-state index is 3.34. The molecular weight excluding hydrogens is 160 g/mol. The van der Waals surface area contributed by atoms with Gasteiger partial charge < -0.3 is 4.98 Å². The number of likely N-dealkylation sites (N-methyl/N-ethyl adjacent to an activating group) is 1. The SMILES string of the molecule is CCN1C(C)Cc2[nH]ccc2C1C. The van der Waals surface area contributed by atoms with Crippen molar-refractivity contribution in [3.8, 4) is 0 Å². The van der Waals surface area contributed by atoms with Crippen molar-refractivity contribution in [1.82, 2.24) is 9.88 Å². The van der Waals surface area contributed by atoms with E-state index in [9.17, 15) is 0 Å². The Labute approximate surface area is 79.9 Å². The number of rotatable bonds is 1. The number of aromatic nitrogens is 1. The van der Waals surface area contributed by atoms with Gasteiger partial charge in [0, 0.05) is 30.4 Å². The van der Waals surface area contributed by atoms with Crippen LogP contribution in [0.15, 0.2) is 12.3 Å². The molecule has 2 nitrogen and oxygen atoms in total. The van der Waals surface area contributed by atoms with Gasteiger partial charge in [-0.2, -0.15) is 0 Å². The van der Waals surface area contributed by atoms with Crippen molar-refractivity contribution in [2.45, 2.75) is 39.3 Å². The Morgan fingerprint density at radius 3 is 3.00 bits per heavy atom. The van der Waals surface area contributed by atoms with Crippen LogP contribution >= 0.6 is 0 Å². The molecule has 0 radical (unpaired) electrons. The van der Waals surface area contributed by atoms with E-state index >= 15 is 0 Å². The maximum Gasteiger partial charge on any atom is 0.0340 e. The summed E-state index contributed by atoms with van der Waals surface area (Å²) in [4.78, 5) is 5.89. The number of nitrogens with zero attached hydrogens (tertiary/aromatic N) is 1. The van der Waals surface area contributed by atoms with Gasteiger partial charge in [-0.3, -0.25) is 4.90 Å². The molecule has 0 bridgehead atoms. The van der Waals surface area contributed by atoms with E-state index in [1.54, 1.807) is 0 Å². The zero-order valence-corrected chi connectivity index (χ0v) is 8.67. The van der Waals surface area contributed by atoms with Gasteiger partial charge in [0.25, 0.3) is 0 Å². The summed E-state index contributed by atoms with van der Waals surface area (Å²) in [5.74, 6) is 0. The fraction of sp³-hybridized carbons (Fsp3) is 0.636. The first kappa shape index (κ1) is 8.82. The van der Waals surface area contributed by atoms with Gasteiger partial charge in [-0.15, -0.1) is 0 Å². The van der Waals surface area contributed by atoms with Gasteiger partial charge in [0.15, 0.2) is 0 Å².